The lowest BCUT2D eigenvalue weighted by Crippen LogP contribution is -2.05. The largest absolute Gasteiger partial charge is 0.494 e. The average Bonchev–Trinajstić information content (AvgIpc) is 3.12. The second-order valence-electron chi connectivity index (χ2n) is 3.87. The molecular formula is C18H29NO3. The van der Waals surface area contributed by atoms with Crippen molar-refractivity contribution in [3.05, 3.63) is 48.4 Å². The normalized spacial score (nSPS) is 9.09. The van der Waals surface area contributed by atoms with Crippen molar-refractivity contribution in [2.75, 3.05) is 19.8 Å². The first kappa shape index (κ1) is 20.2. The van der Waals surface area contributed by atoms with E-state index in [1.807, 2.05) is 64.1 Å². The molecule has 0 unspecified atom stereocenters. The van der Waals surface area contributed by atoms with Gasteiger partial charge in [-0.05, 0) is 12.1 Å². The molecule has 1 aromatic carbocycles. The molecule has 4 heteroatoms. The van der Waals surface area contributed by atoms with Crippen molar-refractivity contribution in [1.29, 1.82) is 0 Å². The first-order valence-electron chi connectivity index (χ1n) is 8.10. The molecule has 0 saturated heterocycles. The molecule has 0 N–H and O–H groups in total. The van der Waals surface area contributed by atoms with E-state index in [1.54, 1.807) is 6.26 Å². The number of rotatable bonds is 8. The molecule has 0 atom stereocenters. The predicted molar refractivity (Wildman–Crippen MR) is 90.3 cm³/mol. The Kier molecular flexibility index (Phi) is 14.3. The Hall–Kier alpha value is -1.81. The van der Waals surface area contributed by atoms with Crippen LogP contribution in [0.3, 0.4) is 0 Å². The van der Waals surface area contributed by atoms with E-state index >= 15 is 0 Å². The summed E-state index contributed by atoms with van der Waals surface area (Å²) in [5.74, 6) is 0.903. The van der Waals surface area contributed by atoms with Gasteiger partial charge < -0.3 is 14.0 Å². The lowest BCUT2D eigenvalue weighted by atomic mass is 10.3. The van der Waals surface area contributed by atoms with Gasteiger partial charge in [0.25, 0.3) is 0 Å². The number of para-hydroxylation sites is 1. The molecule has 1 aromatic heterocycles. The molecule has 0 aliphatic heterocycles. The van der Waals surface area contributed by atoms with Crippen molar-refractivity contribution < 1.29 is 14.0 Å². The number of ether oxygens (including phenoxy) is 2. The molecule has 0 spiro atoms. The molecule has 4 nitrogen and oxygen atoms in total. The maximum absolute atomic E-state index is 5.55. The van der Waals surface area contributed by atoms with E-state index < -0.39 is 0 Å². The number of hydrogen-bond acceptors (Lipinski definition) is 4. The standard InChI is InChI=1S/C14H17NO3.2C2H6/c1-2-5-14(6-3-1)17-10-4-9-16-11-7-13-8-12-18-15-13;2*1-2/h1-3,5-6,8,12H,4,7,9-11H2;2*1-2H3. The van der Waals surface area contributed by atoms with Gasteiger partial charge in [0, 0.05) is 25.5 Å². The lowest BCUT2D eigenvalue weighted by Gasteiger charge is -2.06. The van der Waals surface area contributed by atoms with Crippen molar-refractivity contribution in [2.24, 2.45) is 0 Å². The van der Waals surface area contributed by atoms with Crippen LogP contribution in [0.4, 0.5) is 0 Å². The van der Waals surface area contributed by atoms with Gasteiger partial charge in [-0.1, -0.05) is 51.1 Å². The van der Waals surface area contributed by atoms with E-state index in [-0.39, 0.29) is 0 Å². The molecule has 0 saturated carbocycles. The minimum absolute atomic E-state index is 0.665. The number of aromatic nitrogens is 1. The zero-order valence-electron chi connectivity index (χ0n) is 14.2. The molecule has 1 heterocycles. The van der Waals surface area contributed by atoms with Gasteiger partial charge in [0.1, 0.15) is 12.0 Å². The molecule has 0 amide bonds. The van der Waals surface area contributed by atoms with Crippen molar-refractivity contribution in [2.45, 2.75) is 40.5 Å². The Bertz CT molecular complexity index is 415. The molecule has 22 heavy (non-hydrogen) atoms. The van der Waals surface area contributed by atoms with Crippen LogP contribution in [0.2, 0.25) is 0 Å². The molecule has 0 radical (unpaired) electrons. The van der Waals surface area contributed by atoms with E-state index in [0.717, 1.165) is 24.3 Å². The van der Waals surface area contributed by atoms with Crippen molar-refractivity contribution in [3.8, 4) is 5.75 Å². The molecule has 0 aliphatic carbocycles. The van der Waals surface area contributed by atoms with E-state index in [2.05, 4.69) is 5.16 Å². The van der Waals surface area contributed by atoms with Crippen LogP contribution in [-0.4, -0.2) is 25.0 Å². The summed E-state index contributed by atoms with van der Waals surface area (Å²) in [5.41, 5.74) is 0.926. The van der Waals surface area contributed by atoms with Crippen LogP contribution in [0.15, 0.2) is 47.2 Å². The van der Waals surface area contributed by atoms with E-state index in [9.17, 15) is 0 Å². The highest BCUT2D eigenvalue weighted by atomic mass is 16.5. The van der Waals surface area contributed by atoms with Crippen molar-refractivity contribution >= 4 is 0 Å². The summed E-state index contributed by atoms with van der Waals surface area (Å²) in [4.78, 5) is 0. The molecule has 0 fully saturated rings. The maximum atomic E-state index is 5.55. The van der Waals surface area contributed by atoms with Gasteiger partial charge in [-0.25, -0.2) is 0 Å². The highest BCUT2D eigenvalue weighted by Crippen LogP contribution is 2.08. The summed E-state index contributed by atoms with van der Waals surface area (Å²) in [7, 11) is 0. The summed E-state index contributed by atoms with van der Waals surface area (Å²) in [5, 5.41) is 3.81. The molecule has 124 valence electrons. The van der Waals surface area contributed by atoms with Gasteiger partial charge in [0.05, 0.1) is 18.9 Å². The third-order valence-corrected chi connectivity index (χ3v) is 2.44. The third kappa shape index (κ3) is 10.00. The highest BCUT2D eigenvalue weighted by Gasteiger charge is 1.96. The monoisotopic (exact) mass is 307 g/mol. The Morgan fingerprint density at radius 1 is 0.909 bits per heavy atom. The fourth-order valence-corrected chi connectivity index (χ4v) is 1.51. The van der Waals surface area contributed by atoms with Crippen LogP contribution < -0.4 is 4.74 Å². The Balaban J connectivity index is 0.00000102. The Labute approximate surface area is 134 Å². The first-order chi connectivity index (χ1) is 10.9. The van der Waals surface area contributed by atoms with Crippen molar-refractivity contribution in [1.82, 2.24) is 5.16 Å². The number of benzene rings is 1. The fourth-order valence-electron chi connectivity index (χ4n) is 1.51. The van der Waals surface area contributed by atoms with E-state index in [4.69, 9.17) is 14.0 Å². The predicted octanol–water partition coefficient (Wildman–Crippen LogP) is 4.76. The molecule has 2 rings (SSSR count). The molecular weight excluding hydrogens is 278 g/mol. The summed E-state index contributed by atoms with van der Waals surface area (Å²) in [6, 6.07) is 11.6. The summed E-state index contributed by atoms with van der Waals surface area (Å²) >= 11 is 0. The smallest absolute Gasteiger partial charge is 0.124 e. The fraction of sp³-hybridized carbons (Fsp3) is 0.500. The van der Waals surface area contributed by atoms with Crippen LogP contribution in [-0.2, 0) is 11.2 Å². The average molecular weight is 307 g/mol. The van der Waals surface area contributed by atoms with Crippen LogP contribution in [0.1, 0.15) is 39.8 Å². The molecule has 2 aromatic rings. The Morgan fingerprint density at radius 3 is 2.27 bits per heavy atom. The zero-order chi connectivity index (χ0) is 16.5. The van der Waals surface area contributed by atoms with E-state index in [0.29, 0.717) is 19.8 Å². The van der Waals surface area contributed by atoms with Crippen LogP contribution in [0.5, 0.6) is 5.75 Å². The topological polar surface area (TPSA) is 44.5 Å². The molecule has 0 bridgehead atoms. The minimum Gasteiger partial charge on any atom is -0.494 e. The highest BCUT2D eigenvalue weighted by molar-refractivity contribution is 5.20. The lowest BCUT2D eigenvalue weighted by molar-refractivity contribution is 0.121. The van der Waals surface area contributed by atoms with E-state index in [1.165, 1.54) is 0 Å². The third-order valence-electron chi connectivity index (χ3n) is 2.44. The second kappa shape index (κ2) is 15.6. The van der Waals surface area contributed by atoms with Crippen LogP contribution in [0.25, 0.3) is 0 Å². The maximum Gasteiger partial charge on any atom is 0.124 e. The van der Waals surface area contributed by atoms with Gasteiger partial charge in [0.15, 0.2) is 0 Å². The number of hydrogen-bond donors (Lipinski definition) is 0. The molecule has 0 aliphatic rings. The van der Waals surface area contributed by atoms with Crippen molar-refractivity contribution in [3.63, 3.8) is 0 Å². The first-order valence-corrected chi connectivity index (χ1v) is 8.10. The van der Waals surface area contributed by atoms with Crippen LogP contribution in [0, 0.1) is 0 Å². The van der Waals surface area contributed by atoms with Gasteiger partial charge in [0.2, 0.25) is 0 Å². The summed E-state index contributed by atoms with van der Waals surface area (Å²) in [6.07, 6.45) is 3.24. The quantitative estimate of drug-likeness (QED) is 0.660. The van der Waals surface area contributed by atoms with Gasteiger partial charge >= 0.3 is 0 Å². The SMILES string of the molecule is CC.CC.c1ccc(OCCCOCCc2ccon2)cc1. The van der Waals surface area contributed by atoms with Gasteiger partial charge in [-0.15, -0.1) is 0 Å². The van der Waals surface area contributed by atoms with Gasteiger partial charge in [-0.3, -0.25) is 0 Å². The Morgan fingerprint density at radius 2 is 1.64 bits per heavy atom. The zero-order valence-corrected chi connectivity index (χ0v) is 14.2. The second-order valence-corrected chi connectivity index (χ2v) is 3.87. The minimum atomic E-state index is 0.665. The summed E-state index contributed by atoms with van der Waals surface area (Å²) < 4.78 is 15.8. The van der Waals surface area contributed by atoms with Gasteiger partial charge in [-0.2, -0.15) is 0 Å². The van der Waals surface area contributed by atoms with Crippen LogP contribution >= 0.6 is 0 Å². The summed E-state index contributed by atoms with van der Waals surface area (Å²) in [6.45, 7) is 10.0. The number of nitrogens with zero attached hydrogens (tertiary/aromatic N) is 1.